The standard InChI is InChI=1S/C13H7N3/c1-3-8-4-2-6-10-11(8)9(5-1)12-13(10)16-15-7-14-12/h1-7H. The summed E-state index contributed by atoms with van der Waals surface area (Å²) in [5.74, 6) is 0. The van der Waals surface area contributed by atoms with E-state index < -0.39 is 0 Å². The van der Waals surface area contributed by atoms with Gasteiger partial charge in [0.05, 0.1) is 0 Å². The summed E-state index contributed by atoms with van der Waals surface area (Å²) in [5.41, 5.74) is 4.15. The zero-order valence-corrected chi connectivity index (χ0v) is 8.38. The van der Waals surface area contributed by atoms with Crippen molar-refractivity contribution in [2.75, 3.05) is 0 Å². The lowest BCUT2D eigenvalue weighted by Crippen LogP contribution is -1.88. The monoisotopic (exact) mass is 205 g/mol. The van der Waals surface area contributed by atoms with Crippen LogP contribution in [-0.2, 0) is 0 Å². The molecular formula is C13H7N3. The van der Waals surface area contributed by atoms with Gasteiger partial charge in [0.25, 0.3) is 0 Å². The van der Waals surface area contributed by atoms with E-state index in [9.17, 15) is 0 Å². The molecule has 3 aromatic rings. The molecule has 1 aliphatic rings. The number of fused-ring (bicyclic) bond motifs is 3. The number of benzene rings is 2. The maximum absolute atomic E-state index is 4.33. The molecule has 0 N–H and O–H groups in total. The summed E-state index contributed by atoms with van der Waals surface area (Å²) in [7, 11) is 0. The van der Waals surface area contributed by atoms with Crippen LogP contribution in [0.4, 0.5) is 0 Å². The van der Waals surface area contributed by atoms with E-state index in [4.69, 9.17) is 0 Å². The van der Waals surface area contributed by atoms with Gasteiger partial charge < -0.3 is 0 Å². The number of nitrogens with zero attached hydrogens (tertiary/aromatic N) is 3. The average Bonchev–Trinajstić information content (AvgIpc) is 2.68. The second kappa shape index (κ2) is 2.64. The molecule has 16 heavy (non-hydrogen) atoms. The van der Waals surface area contributed by atoms with Crippen LogP contribution in [0.25, 0.3) is 33.3 Å². The Balaban J connectivity index is 2.31. The predicted octanol–water partition coefficient (Wildman–Crippen LogP) is 2.67. The van der Waals surface area contributed by atoms with Crippen LogP contribution in [-0.4, -0.2) is 15.2 Å². The Morgan fingerprint density at radius 2 is 1.56 bits per heavy atom. The van der Waals surface area contributed by atoms with E-state index in [0.717, 1.165) is 22.5 Å². The van der Waals surface area contributed by atoms with Gasteiger partial charge in [-0.15, -0.1) is 10.2 Å². The molecule has 0 unspecified atom stereocenters. The summed E-state index contributed by atoms with van der Waals surface area (Å²) in [6.45, 7) is 0. The lowest BCUT2D eigenvalue weighted by Gasteiger charge is -1.99. The van der Waals surface area contributed by atoms with Crippen molar-refractivity contribution in [3.05, 3.63) is 42.7 Å². The van der Waals surface area contributed by atoms with Gasteiger partial charge in [-0.3, -0.25) is 0 Å². The van der Waals surface area contributed by atoms with Gasteiger partial charge in [0.2, 0.25) is 0 Å². The molecule has 1 aromatic heterocycles. The Hall–Kier alpha value is -2.29. The molecule has 2 aromatic carbocycles. The fourth-order valence-corrected chi connectivity index (χ4v) is 2.39. The van der Waals surface area contributed by atoms with Crippen molar-refractivity contribution in [1.29, 1.82) is 0 Å². The number of hydrogen-bond donors (Lipinski definition) is 0. The zero-order valence-electron chi connectivity index (χ0n) is 8.38. The predicted molar refractivity (Wildman–Crippen MR) is 61.8 cm³/mol. The second-order valence-electron chi connectivity index (χ2n) is 3.87. The molecule has 1 heterocycles. The van der Waals surface area contributed by atoms with Gasteiger partial charge in [-0.2, -0.15) is 0 Å². The summed E-state index contributed by atoms with van der Waals surface area (Å²) in [5, 5.41) is 10.5. The van der Waals surface area contributed by atoms with Crippen molar-refractivity contribution in [3.63, 3.8) is 0 Å². The van der Waals surface area contributed by atoms with E-state index in [1.165, 1.54) is 17.1 Å². The normalized spacial score (nSPS) is 11.8. The molecule has 4 rings (SSSR count). The fourth-order valence-electron chi connectivity index (χ4n) is 2.39. The fraction of sp³-hybridized carbons (Fsp3) is 0. The highest BCUT2D eigenvalue weighted by Gasteiger charge is 2.23. The molecule has 0 amide bonds. The Labute approximate surface area is 91.8 Å². The van der Waals surface area contributed by atoms with Gasteiger partial charge in [0.15, 0.2) is 0 Å². The lowest BCUT2D eigenvalue weighted by atomic mass is 10.0. The largest absolute Gasteiger partial charge is 0.232 e. The van der Waals surface area contributed by atoms with Crippen molar-refractivity contribution in [1.82, 2.24) is 15.2 Å². The summed E-state index contributed by atoms with van der Waals surface area (Å²) < 4.78 is 0. The quantitative estimate of drug-likeness (QED) is 0.443. The van der Waals surface area contributed by atoms with Crippen LogP contribution in [0, 0.1) is 0 Å². The molecule has 3 nitrogen and oxygen atoms in total. The van der Waals surface area contributed by atoms with E-state index >= 15 is 0 Å². The van der Waals surface area contributed by atoms with E-state index in [-0.39, 0.29) is 0 Å². The molecule has 3 heteroatoms. The highest BCUT2D eigenvalue weighted by Crippen LogP contribution is 2.43. The maximum Gasteiger partial charge on any atom is 0.138 e. The molecule has 0 saturated carbocycles. The third-order valence-electron chi connectivity index (χ3n) is 3.04. The first-order valence-corrected chi connectivity index (χ1v) is 5.15. The van der Waals surface area contributed by atoms with Crippen molar-refractivity contribution < 1.29 is 0 Å². The van der Waals surface area contributed by atoms with Crippen LogP contribution >= 0.6 is 0 Å². The van der Waals surface area contributed by atoms with Gasteiger partial charge in [0.1, 0.15) is 17.7 Å². The van der Waals surface area contributed by atoms with Crippen LogP contribution in [0.1, 0.15) is 0 Å². The van der Waals surface area contributed by atoms with Gasteiger partial charge in [0, 0.05) is 16.5 Å². The average molecular weight is 205 g/mol. The molecule has 0 spiro atoms. The first kappa shape index (κ1) is 7.93. The summed E-state index contributed by atoms with van der Waals surface area (Å²) in [6, 6.07) is 12.5. The van der Waals surface area contributed by atoms with Crippen molar-refractivity contribution in [2.45, 2.75) is 0 Å². The van der Waals surface area contributed by atoms with Crippen LogP contribution in [0.5, 0.6) is 0 Å². The molecule has 0 atom stereocenters. The van der Waals surface area contributed by atoms with Crippen LogP contribution in [0.3, 0.4) is 0 Å². The molecule has 1 aliphatic carbocycles. The van der Waals surface area contributed by atoms with Crippen LogP contribution < -0.4 is 0 Å². The first-order valence-electron chi connectivity index (χ1n) is 5.15. The summed E-state index contributed by atoms with van der Waals surface area (Å²) in [4.78, 5) is 4.33. The molecular weight excluding hydrogens is 198 g/mol. The molecule has 0 bridgehead atoms. The molecule has 0 radical (unpaired) electrons. The first-order chi connectivity index (χ1) is 7.95. The number of aromatic nitrogens is 3. The zero-order chi connectivity index (χ0) is 10.5. The maximum atomic E-state index is 4.33. The molecule has 0 fully saturated rings. The minimum absolute atomic E-state index is 0.898. The molecule has 0 aliphatic heterocycles. The highest BCUT2D eigenvalue weighted by atomic mass is 15.1. The SMILES string of the molecule is c1cc2c3c(cccc3c1)-c1nncnc1-2. The van der Waals surface area contributed by atoms with Gasteiger partial charge in [-0.05, 0) is 5.39 Å². The molecule has 0 saturated heterocycles. The number of rotatable bonds is 0. The number of hydrogen-bond acceptors (Lipinski definition) is 3. The Morgan fingerprint density at radius 1 is 0.812 bits per heavy atom. The van der Waals surface area contributed by atoms with Gasteiger partial charge in [-0.1, -0.05) is 36.4 Å². The minimum atomic E-state index is 0.898. The second-order valence-corrected chi connectivity index (χ2v) is 3.87. The van der Waals surface area contributed by atoms with Crippen molar-refractivity contribution >= 4 is 10.8 Å². The Bertz CT molecular complexity index is 661. The lowest BCUT2D eigenvalue weighted by molar-refractivity contribution is 0.986. The van der Waals surface area contributed by atoms with E-state index in [1.54, 1.807) is 0 Å². The van der Waals surface area contributed by atoms with E-state index in [1.807, 2.05) is 6.07 Å². The van der Waals surface area contributed by atoms with Gasteiger partial charge >= 0.3 is 0 Å². The van der Waals surface area contributed by atoms with Crippen LogP contribution in [0.15, 0.2) is 42.7 Å². The summed E-state index contributed by atoms with van der Waals surface area (Å²) in [6.07, 6.45) is 1.50. The van der Waals surface area contributed by atoms with Gasteiger partial charge in [-0.25, -0.2) is 4.98 Å². The Kier molecular flexibility index (Phi) is 1.31. The van der Waals surface area contributed by atoms with Crippen LogP contribution in [0.2, 0.25) is 0 Å². The van der Waals surface area contributed by atoms with E-state index in [0.29, 0.717) is 0 Å². The Morgan fingerprint density at radius 3 is 2.38 bits per heavy atom. The molecule has 74 valence electrons. The van der Waals surface area contributed by atoms with E-state index in [2.05, 4.69) is 45.5 Å². The summed E-state index contributed by atoms with van der Waals surface area (Å²) >= 11 is 0. The topological polar surface area (TPSA) is 38.7 Å². The van der Waals surface area contributed by atoms with Crippen molar-refractivity contribution in [2.24, 2.45) is 0 Å². The third-order valence-corrected chi connectivity index (χ3v) is 3.04. The highest BCUT2D eigenvalue weighted by molar-refractivity contribution is 6.13. The van der Waals surface area contributed by atoms with Crippen molar-refractivity contribution in [3.8, 4) is 22.5 Å². The smallest absolute Gasteiger partial charge is 0.138 e. The third kappa shape index (κ3) is 0.810. The minimum Gasteiger partial charge on any atom is -0.232 e.